The van der Waals surface area contributed by atoms with Crippen LogP contribution in [0.4, 0.5) is 0 Å². The molecule has 4 rings (SSSR count). The molecule has 1 aliphatic rings. The van der Waals surface area contributed by atoms with Gasteiger partial charge in [0, 0.05) is 15.3 Å². The largest absolute Gasteiger partial charge is 0.306 e. The van der Waals surface area contributed by atoms with Gasteiger partial charge in [0.2, 0.25) is 0 Å². The van der Waals surface area contributed by atoms with E-state index in [9.17, 15) is 4.79 Å². The molecule has 3 nitrogen and oxygen atoms in total. The Hall–Kier alpha value is -1.59. The molecule has 3 aromatic rings. The molecule has 0 unspecified atom stereocenters. The third-order valence-corrected chi connectivity index (χ3v) is 7.40. The minimum atomic E-state index is 0.00523. The molecular weight excluding hydrogens is 360 g/mol. The van der Waals surface area contributed by atoms with Crippen molar-refractivity contribution in [2.24, 2.45) is 11.3 Å². The van der Waals surface area contributed by atoms with Gasteiger partial charge in [0.05, 0.1) is 5.39 Å². The van der Waals surface area contributed by atoms with Crippen molar-refractivity contribution in [1.29, 1.82) is 0 Å². The van der Waals surface area contributed by atoms with Crippen LogP contribution in [-0.4, -0.2) is 16.2 Å². The molecule has 2 aromatic heterocycles. The maximum absolute atomic E-state index is 12.8. The molecule has 0 saturated heterocycles. The van der Waals surface area contributed by atoms with Gasteiger partial charge in [0.25, 0.3) is 5.56 Å². The third-order valence-electron chi connectivity index (χ3n) is 5.51. The van der Waals surface area contributed by atoms with E-state index >= 15 is 0 Å². The number of thiophene rings is 1. The van der Waals surface area contributed by atoms with Crippen molar-refractivity contribution < 1.29 is 0 Å². The fourth-order valence-electron chi connectivity index (χ4n) is 3.81. The number of rotatable bonds is 2. The Balaban J connectivity index is 1.78. The quantitative estimate of drug-likeness (QED) is 0.591. The van der Waals surface area contributed by atoms with E-state index in [0.29, 0.717) is 17.2 Å². The van der Waals surface area contributed by atoms with Gasteiger partial charge in [-0.25, -0.2) is 4.98 Å². The number of hydrogen-bond donors (Lipinski definition) is 1. The number of hydrogen-bond acceptors (Lipinski definition) is 4. The van der Waals surface area contributed by atoms with Crippen LogP contribution in [0.5, 0.6) is 0 Å². The summed E-state index contributed by atoms with van der Waals surface area (Å²) < 4.78 is 0. The average molecular weight is 385 g/mol. The van der Waals surface area contributed by atoms with Crippen LogP contribution in [0.2, 0.25) is 0 Å². The highest BCUT2D eigenvalue weighted by atomic mass is 32.2. The summed E-state index contributed by atoms with van der Waals surface area (Å²) in [5.74, 6) is 1.34. The predicted octanol–water partition coefficient (Wildman–Crippen LogP) is 5.52. The fraction of sp³-hybridized carbons (Fsp3) is 0.429. The summed E-state index contributed by atoms with van der Waals surface area (Å²) in [7, 11) is 0. The zero-order valence-corrected chi connectivity index (χ0v) is 17.3. The predicted molar refractivity (Wildman–Crippen MR) is 112 cm³/mol. The van der Waals surface area contributed by atoms with Crippen molar-refractivity contribution >= 4 is 33.3 Å². The van der Waals surface area contributed by atoms with Gasteiger partial charge in [-0.15, -0.1) is 23.1 Å². The first-order valence-electron chi connectivity index (χ1n) is 9.06. The second-order valence-electron chi connectivity index (χ2n) is 8.13. The van der Waals surface area contributed by atoms with Gasteiger partial charge in [-0.2, -0.15) is 0 Å². The molecule has 0 amide bonds. The lowest BCUT2D eigenvalue weighted by molar-refractivity contribution is 0.218. The highest BCUT2D eigenvalue weighted by Crippen LogP contribution is 2.42. The molecule has 0 radical (unpaired) electrons. The Morgan fingerprint density at radius 1 is 1.23 bits per heavy atom. The van der Waals surface area contributed by atoms with E-state index in [1.807, 2.05) is 12.1 Å². The van der Waals surface area contributed by atoms with Gasteiger partial charge in [-0.1, -0.05) is 32.9 Å². The summed E-state index contributed by atoms with van der Waals surface area (Å²) in [6.45, 7) is 6.95. The van der Waals surface area contributed by atoms with E-state index in [2.05, 4.69) is 44.1 Å². The lowest BCUT2D eigenvalue weighted by atomic mass is 9.72. The van der Waals surface area contributed by atoms with Crippen molar-refractivity contribution in [1.82, 2.24) is 9.97 Å². The molecule has 0 saturated carbocycles. The van der Waals surface area contributed by atoms with Crippen molar-refractivity contribution in [3.05, 3.63) is 45.1 Å². The maximum atomic E-state index is 12.8. The van der Waals surface area contributed by atoms with E-state index in [0.717, 1.165) is 35.0 Å². The van der Waals surface area contributed by atoms with Crippen LogP contribution in [0, 0.1) is 11.3 Å². The SMILES string of the molecule is CSc1ccc(-c2nc3sc4c(c3c(=O)[nH]2)CC[C@H](C(C)(C)C)C4)cc1. The second-order valence-corrected chi connectivity index (χ2v) is 10.1. The fourth-order valence-corrected chi connectivity index (χ4v) is 5.52. The van der Waals surface area contributed by atoms with E-state index in [1.165, 1.54) is 15.3 Å². The molecule has 0 fully saturated rings. The number of thioether (sulfide) groups is 1. The number of aromatic nitrogens is 2. The average Bonchev–Trinajstić information content (AvgIpc) is 2.99. The van der Waals surface area contributed by atoms with Gasteiger partial charge in [0.1, 0.15) is 10.7 Å². The van der Waals surface area contributed by atoms with Crippen LogP contribution in [-0.2, 0) is 12.8 Å². The van der Waals surface area contributed by atoms with Crippen molar-refractivity contribution in [3.63, 3.8) is 0 Å². The monoisotopic (exact) mass is 384 g/mol. The lowest BCUT2D eigenvalue weighted by Crippen LogP contribution is -2.26. The Labute approximate surface area is 162 Å². The standard InChI is InChI=1S/C21H24N2OS2/c1-21(2,3)13-7-10-15-16(11-13)26-20-17(15)19(24)22-18(23-20)12-5-8-14(25-4)9-6-12/h5-6,8-9,13H,7,10-11H2,1-4H3,(H,22,23,24)/t13-/m0/s1. The van der Waals surface area contributed by atoms with Gasteiger partial charge < -0.3 is 4.98 Å². The first kappa shape index (κ1) is 17.8. The molecular formula is C21H24N2OS2. The molecule has 1 aliphatic carbocycles. The molecule has 1 N–H and O–H groups in total. The van der Waals surface area contributed by atoms with Crippen molar-refractivity contribution in [2.75, 3.05) is 6.26 Å². The molecule has 2 heterocycles. The summed E-state index contributed by atoms with van der Waals surface area (Å²) in [5.41, 5.74) is 2.51. The van der Waals surface area contributed by atoms with Gasteiger partial charge in [-0.05, 0) is 54.5 Å². The summed E-state index contributed by atoms with van der Waals surface area (Å²) >= 11 is 3.42. The highest BCUT2D eigenvalue weighted by Gasteiger charge is 2.31. The second kappa shape index (κ2) is 6.54. The number of aryl methyl sites for hydroxylation is 1. The Morgan fingerprint density at radius 2 is 1.96 bits per heavy atom. The topological polar surface area (TPSA) is 45.8 Å². The van der Waals surface area contributed by atoms with Gasteiger partial charge in [-0.3, -0.25) is 4.79 Å². The summed E-state index contributed by atoms with van der Waals surface area (Å²) in [6.07, 6.45) is 5.27. The maximum Gasteiger partial charge on any atom is 0.260 e. The number of aromatic amines is 1. The number of H-pyrrole nitrogens is 1. The van der Waals surface area contributed by atoms with Crippen LogP contribution >= 0.6 is 23.1 Å². The number of benzene rings is 1. The summed E-state index contributed by atoms with van der Waals surface area (Å²) in [5, 5.41) is 0.821. The van der Waals surface area contributed by atoms with Gasteiger partial charge >= 0.3 is 0 Å². The van der Waals surface area contributed by atoms with Crippen LogP contribution in [0.3, 0.4) is 0 Å². The molecule has 1 aromatic carbocycles. The Morgan fingerprint density at radius 3 is 2.62 bits per heavy atom. The molecule has 0 bridgehead atoms. The van der Waals surface area contributed by atoms with Crippen LogP contribution in [0.1, 0.15) is 37.6 Å². The van der Waals surface area contributed by atoms with Crippen LogP contribution < -0.4 is 5.56 Å². The van der Waals surface area contributed by atoms with Crippen LogP contribution in [0.25, 0.3) is 21.6 Å². The summed E-state index contributed by atoms with van der Waals surface area (Å²) in [4.78, 5) is 24.1. The Kier molecular flexibility index (Phi) is 4.48. The van der Waals surface area contributed by atoms with Crippen molar-refractivity contribution in [2.45, 2.75) is 44.9 Å². The van der Waals surface area contributed by atoms with E-state index in [-0.39, 0.29) is 5.56 Å². The van der Waals surface area contributed by atoms with Crippen LogP contribution in [0.15, 0.2) is 34.0 Å². The first-order chi connectivity index (χ1) is 12.4. The zero-order valence-electron chi connectivity index (χ0n) is 15.7. The molecule has 5 heteroatoms. The number of nitrogens with zero attached hydrogens (tertiary/aromatic N) is 1. The van der Waals surface area contributed by atoms with Gasteiger partial charge in [0.15, 0.2) is 0 Å². The normalized spacial score (nSPS) is 17.5. The number of nitrogens with one attached hydrogen (secondary N) is 1. The van der Waals surface area contributed by atoms with E-state index < -0.39 is 0 Å². The lowest BCUT2D eigenvalue weighted by Gasteiger charge is -2.33. The minimum absolute atomic E-state index is 0.00523. The molecule has 136 valence electrons. The van der Waals surface area contributed by atoms with E-state index in [4.69, 9.17) is 4.98 Å². The first-order valence-corrected chi connectivity index (χ1v) is 11.1. The van der Waals surface area contributed by atoms with E-state index in [1.54, 1.807) is 23.1 Å². The minimum Gasteiger partial charge on any atom is -0.306 e. The highest BCUT2D eigenvalue weighted by molar-refractivity contribution is 7.98. The molecule has 0 spiro atoms. The smallest absolute Gasteiger partial charge is 0.260 e. The zero-order chi connectivity index (χ0) is 18.5. The third kappa shape index (κ3) is 3.12. The number of fused-ring (bicyclic) bond motifs is 3. The van der Waals surface area contributed by atoms with Crippen molar-refractivity contribution in [3.8, 4) is 11.4 Å². The Bertz CT molecular complexity index is 1010. The molecule has 0 aliphatic heterocycles. The molecule has 26 heavy (non-hydrogen) atoms. The molecule has 1 atom stereocenters. The summed E-state index contributed by atoms with van der Waals surface area (Å²) in [6, 6.07) is 8.19.